The summed E-state index contributed by atoms with van der Waals surface area (Å²) in [4.78, 5) is 0. The number of benzene rings is 2. The largest absolute Gasteiger partial charge is 0.492 e. The van der Waals surface area contributed by atoms with Crippen molar-refractivity contribution in [2.45, 2.75) is 26.9 Å². The predicted octanol–water partition coefficient (Wildman–Crippen LogP) is 3.33. The molecule has 0 atom stereocenters. The minimum Gasteiger partial charge on any atom is -0.492 e. The van der Waals surface area contributed by atoms with Crippen molar-refractivity contribution >= 4 is 11.0 Å². The fourth-order valence-corrected chi connectivity index (χ4v) is 2.73. The number of fused-ring (bicyclic) bond motifs is 1. The summed E-state index contributed by atoms with van der Waals surface area (Å²) < 4.78 is 9.82. The van der Waals surface area contributed by atoms with E-state index in [1.807, 2.05) is 45.5 Å². The summed E-state index contributed by atoms with van der Waals surface area (Å²) in [5.41, 5.74) is 3.93. The highest BCUT2D eigenvalue weighted by atomic mass is 16.5. The number of rotatable bonds is 5. The van der Waals surface area contributed by atoms with E-state index in [1.54, 1.807) is 0 Å². The van der Waals surface area contributed by atoms with Crippen molar-refractivity contribution in [3.63, 3.8) is 0 Å². The first-order valence-corrected chi connectivity index (χ1v) is 7.63. The molecule has 4 heteroatoms. The van der Waals surface area contributed by atoms with Crippen LogP contribution in [0, 0.1) is 12.3 Å². The zero-order valence-electron chi connectivity index (χ0n) is 13.0. The van der Waals surface area contributed by atoms with Crippen LogP contribution in [0.3, 0.4) is 0 Å². The highest BCUT2D eigenvalue weighted by molar-refractivity contribution is 5.75. The fourth-order valence-electron chi connectivity index (χ4n) is 2.73. The third-order valence-corrected chi connectivity index (χ3v) is 3.90. The molecule has 0 fully saturated rings. The summed E-state index contributed by atoms with van der Waals surface area (Å²) in [6.07, 6.45) is 0. The van der Waals surface area contributed by atoms with Crippen molar-refractivity contribution in [3.05, 3.63) is 59.7 Å². The molecule has 0 aliphatic heterocycles. The van der Waals surface area contributed by atoms with Crippen molar-refractivity contribution < 1.29 is 4.74 Å². The van der Waals surface area contributed by atoms with E-state index in [-0.39, 0.29) is 0 Å². The topological polar surface area (TPSA) is 42.9 Å². The second-order valence-corrected chi connectivity index (χ2v) is 5.37. The van der Waals surface area contributed by atoms with Crippen LogP contribution in [0.25, 0.3) is 11.0 Å². The van der Waals surface area contributed by atoms with E-state index in [0.29, 0.717) is 18.8 Å². The first-order chi connectivity index (χ1) is 10.7. The van der Waals surface area contributed by atoms with Crippen molar-refractivity contribution in [1.82, 2.24) is 9.13 Å². The quantitative estimate of drug-likeness (QED) is 0.771. The number of aryl methyl sites for hydroxylation is 2. The molecule has 0 bridgehead atoms. The van der Waals surface area contributed by atoms with E-state index in [1.165, 1.54) is 5.56 Å². The molecule has 0 radical (unpaired) electrons. The number of imidazole rings is 1. The lowest BCUT2D eigenvalue weighted by atomic mass is 10.2. The molecule has 0 spiro atoms. The number of para-hydroxylation sites is 2. The Kier molecular flexibility index (Phi) is 4.00. The second-order valence-electron chi connectivity index (χ2n) is 5.37. The molecule has 1 heterocycles. The van der Waals surface area contributed by atoms with Gasteiger partial charge in [0.25, 0.3) is 0 Å². The van der Waals surface area contributed by atoms with Gasteiger partial charge in [0.05, 0.1) is 17.6 Å². The third-order valence-electron chi connectivity index (χ3n) is 3.90. The first-order valence-electron chi connectivity index (χ1n) is 7.63. The highest BCUT2D eigenvalue weighted by Crippen LogP contribution is 2.14. The van der Waals surface area contributed by atoms with Crippen LogP contribution in [0.15, 0.2) is 48.5 Å². The molecule has 0 saturated heterocycles. The van der Waals surface area contributed by atoms with Gasteiger partial charge in [0.15, 0.2) is 0 Å². The molecule has 0 aliphatic rings. The van der Waals surface area contributed by atoms with Crippen LogP contribution in [0.4, 0.5) is 0 Å². The van der Waals surface area contributed by atoms with E-state index >= 15 is 0 Å². The van der Waals surface area contributed by atoms with E-state index in [0.717, 1.165) is 23.3 Å². The summed E-state index contributed by atoms with van der Waals surface area (Å²) in [7, 11) is 0. The van der Waals surface area contributed by atoms with Crippen molar-refractivity contribution in [1.29, 1.82) is 5.41 Å². The zero-order chi connectivity index (χ0) is 15.5. The van der Waals surface area contributed by atoms with E-state index in [9.17, 15) is 0 Å². The molecule has 4 nitrogen and oxygen atoms in total. The maximum absolute atomic E-state index is 8.36. The van der Waals surface area contributed by atoms with Gasteiger partial charge in [-0.2, -0.15) is 0 Å². The molecule has 1 N–H and O–H groups in total. The third kappa shape index (κ3) is 2.64. The summed E-state index contributed by atoms with van der Waals surface area (Å²) in [5.74, 6) is 0.872. The molecule has 0 aliphatic carbocycles. The average Bonchev–Trinajstić information content (AvgIpc) is 2.81. The lowest BCUT2D eigenvalue weighted by Crippen LogP contribution is -2.26. The Morgan fingerprint density at radius 1 is 0.955 bits per heavy atom. The Morgan fingerprint density at radius 2 is 1.59 bits per heavy atom. The second kappa shape index (κ2) is 6.10. The van der Waals surface area contributed by atoms with E-state index in [2.05, 4.69) is 26.0 Å². The van der Waals surface area contributed by atoms with Crippen LogP contribution < -0.4 is 10.4 Å². The molecule has 0 unspecified atom stereocenters. The fraction of sp³-hybridized carbons (Fsp3) is 0.278. The number of aromatic nitrogens is 2. The van der Waals surface area contributed by atoms with Gasteiger partial charge in [-0.3, -0.25) is 5.41 Å². The Hall–Kier alpha value is -2.49. The summed E-state index contributed by atoms with van der Waals surface area (Å²) in [6, 6.07) is 16.2. The molecule has 2 aromatic carbocycles. The molecule has 0 amide bonds. The van der Waals surface area contributed by atoms with Crippen LogP contribution in [0.5, 0.6) is 5.75 Å². The number of ether oxygens (including phenoxy) is 1. The summed E-state index contributed by atoms with van der Waals surface area (Å²) >= 11 is 0. The molecule has 1 aromatic heterocycles. The monoisotopic (exact) mass is 295 g/mol. The van der Waals surface area contributed by atoms with Gasteiger partial charge in [-0.05, 0) is 38.1 Å². The Morgan fingerprint density at radius 3 is 2.23 bits per heavy atom. The Labute approximate surface area is 130 Å². The van der Waals surface area contributed by atoms with Crippen molar-refractivity contribution in [2.24, 2.45) is 0 Å². The minimum atomic E-state index is 0.524. The number of hydrogen-bond donors (Lipinski definition) is 1. The Bertz CT molecular complexity index is 828. The Balaban J connectivity index is 1.81. The van der Waals surface area contributed by atoms with Crippen molar-refractivity contribution in [3.8, 4) is 5.75 Å². The molecule has 3 aromatic rings. The standard InChI is InChI=1S/C18H21N3O/c1-3-20-16-6-4-5-7-17(16)21(18(20)19)12-13-22-15-10-8-14(2)9-11-15/h4-11,19H,3,12-13H2,1-2H3. The van der Waals surface area contributed by atoms with Crippen LogP contribution in [0.2, 0.25) is 0 Å². The van der Waals surface area contributed by atoms with E-state index in [4.69, 9.17) is 10.1 Å². The maximum Gasteiger partial charge on any atom is 0.203 e. The van der Waals surface area contributed by atoms with Gasteiger partial charge < -0.3 is 13.9 Å². The lowest BCUT2D eigenvalue weighted by molar-refractivity contribution is 0.296. The van der Waals surface area contributed by atoms with Gasteiger partial charge in [-0.15, -0.1) is 0 Å². The summed E-state index contributed by atoms with van der Waals surface area (Å²) in [5, 5.41) is 8.36. The van der Waals surface area contributed by atoms with Gasteiger partial charge in [0, 0.05) is 6.54 Å². The predicted molar refractivity (Wildman–Crippen MR) is 88.1 cm³/mol. The smallest absolute Gasteiger partial charge is 0.203 e. The van der Waals surface area contributed by atoms with Gasteiger partial charge in [-0.25, -0.2) is 0 Å². The van der Waals surface area contributed by atoms with Gasteiger partial charge in [-0.1, -0.05) is 29.8 Å². The average molecular weight is 295 g/mol. The van der Waals surface area contributed by atoms with Crippen LogP contribution >= 0.6 is 0 Å². The molecule has 22 heavy (non-hydrogen) atoms. The van der Waals surface area contributed by atoms with Gasteiger partial charge in [0.1, 0.15) is 12.4 Å². The zero-order valence-corrected chi connectivity index (χ0v) is 13.0. The van der Waals surface area contributed by atoms with Crippen LogP contribution in [-0.2, 0) is 13.1 Å². The molecular formula is C18H21N3O. The molecule has 114 valence electrons. The SMILES string of the molecule is CCn1c(=N)n(CCOc2ccc(C)cc2)c2ccccc21. The number of hydrogen-bond acceptors (Lipinski definition) is 2. The van der Waals surface area contributed by atoms with Crippen LogP contribution in [-0.4, -0.2) is 15.7 Å². The van der Waals surface area contributed by atoms with Gasteiger partial charge in [0.2, 0.25) is 5.62 Å². The van der Waals surface area contributed by atoms with Crippen molar-refractivity contribution in [2.75, 3.05) is 6.61 Å². The minimum absolute atomic E-state index is 0.524. The number of nitrogens with one attached hydrogen (secondary N) is 1. The normalized spacial score (nSPS) is 11.0. The van der Waals surface area contributed by atoms with Crippen LogP contribution in [0.1, 0.15) is 12.5 Å². The van der Waals surface area contributed by atoms with E-state index < -0.39 is 0 Å². The highest BCUT2D eigenvalue weighted by Gasteiger charge is 2.08. The number of nitrogens with zero attached hydrogens (tertiary/aromatic N) is 2. The maximum atomic E-state index is 8.36. The molecular weight excluding hydrogens is 274 g/mol. The van der Waals surface area contributed by atoms with Gasteiger partial charge >= 0.3 is 0 Å². The molecule has 0 saturated carbocycles. The molecule has 3 rings (SSSR count). The lowest BCUT2D eigenvalue weighted by Gasteiger charge is -2.08. The summed E-state index contributed by atoms with van der Waals surface area (Å²) in [6.45, 7) is 6.14. The first kappa shape index (κ1) is 14.4.